The van der Waals surface area contributed by atoms with Gasteiger partial charge in [-0.25, -0.2) is 28.2 Å². The van der Waals surface area contributed by atoms with Gasteiger partial charge < -0.3 is 5.32 Å². The second-order valence-electron chi connectivity index (χ2n) is 5.69. The maximum atomic E-state index is 12.9. The lowest BCUT2D eigenvalue weighted by Crippen LogP contribution is -2.24. The first kappa shape index (κ1) is 15.3. The standard InChI is InChI=1S/C16H13F2N7/c1-16(17,18)9-23-15-22-8-13-11(2-5-25(13)24-15)10-6-12-14(21-7-10)20-4-3-19-12/h2-8H,9H2,1H3,(H,23,24). The second-order valence-corrected chi connectivity index (χ2v) is 5.69. The van der Waals surface area contributed by atoms with Crippen LogP contribution in [-0.4, -0.2) is 42.0 Å². The van der Waals surface area contributed by atoms with Crippen LogP contribution in [0.5, 0.6) is 0 Å². The third kappa shape index (κ3) is 3.08. The maximum Gasteiger partial charge on any atom is 0.262 e. The summed E-state index contributed by atoms with van der Waals surface area (Å²) < 4.78 is 27.4. The van der Waals surface area contributed by atoms with Crippen LogP contribution >= 0.6 is 0 Å². The van der Waals surface area contributed by atoms with Crippen molar-refractivity contribution in [3.05, 3.63) is 43.1 Å². The molecule has 4 rings (SSSR count). The van der Waals surface area contributed by atoms with Crippen LogP contribution in [0, 0.1) is 0 Å². The largest absolute Gasteiger partial charge is 0.347 e. The molecule has 0 aromatic carbocycles. The quantitative estimate of drug-likeness (QED) is 0.615. The van der Waals surface area contributed by atoms with Crippen molar-refractivity contribution in [2.75, 3.05) is 11.9 Å². The summed E-state index contributed by atoms with van der Waals surface area (Å²) in [6, 6.07) is 3.75. The van der Waals surface area contributed by atoms with E-state index in [0.717, 1.165) is 23.6 Å². The van der Waals surface area contributed by atoms with Gasteiger partial charge in [-0.3, -0.25) is 4.98 Å². The fraction of sp³-hybridized carbons (Fsp3) is 0.188. The fourth-order valence-electron chi connectivity index (χ4n) is 2.46. The van der Waals surface area contributed by atoms with E-state index in [1.807, 2.05) is 12.1 Å². The Morgan fingerprint density at radius 1 is 1.12 bits per heavy atom. The number of aromatic nitrogens is 6. The lowest BCUT2D eigenvalue weighted by molar-refractivity contribution is 0.0365. The molecular formula is C16H13F2N7. The van der Waals surface area contributed by atoms with Gasteiger partial charge in [0.25, 0.3) is 5.92 Å². The van der Waals surface area contributed by atoms with E-state index in [1.54, 1.807) is 35.5 Å². The van der Waals surface area contributed by atoms with E-state index in [-0.39, 0.29) is 5.95 Å². The molecule has 0 saturated heterocycles. The molecular weight excluding hydrogens is 328 g/mol. The van der Waals surface area contributed by atoms with E-state index >= 15 is 0 Å². The van der Waals surface area contributed by atoms with Gasteiger partial charge in [0.1, 0.15) is 5.52 Å². The average Bonchev–Trinajstić information content (AvgIpc) is 3.02. The van der Waals surface area contributed by atoms with Crippen molar-refractivity contribution in [1.82, 2.24) is 29.5 Å². The number of rotatable bonds is 4. The SMILES string of the molecule is CC(F)(F)CNc1ncc2c(-c3cnc4nccnc4c3)ccn2n1. The van der Waals surface area contributed by atoms with Gasteiger partial charge in [-0.05, 0) is 12.1 Å². The van der Waals surface area contributed by atoms with Gasteiger partial charge in [0.2, 0.25) is 5.95 Å². The summed E-state index contributed by atoms with van der Waals surface area (Å²) in [6.45, 7) is 0.307. The Bertz CT molecular complexity index is 1060. The molecule has 0 bridgehead atoms. The lowest BCUT2D eigenvalue weighted by Gasteiger charge is -2.11. The predicted molar refractivity (Wildman–Crippen MR) is 88.4 cm³/mol. The molecule has 0 unspecified atom stereocenters. The van der Waals surface area contributed by atoms with Crippen molar-refractivity contribution < 1.29 is 8.78 Å². The number of nitrogens with zero attached hydrogens (tertiary/aromatic N) is 6. The summed E-state index contributed by atoms with van der Waals surface area (Å²) in [5.41, 5.74) is 3.70. The molecule has 1 N–H and O–H groups in total. The first-order chi connectivity index (χ1) is 12.0. The number of hydrogen-bond donors (Lipinski definition) is 1. The van der Waals surface area contributed by atoms with Crippen molar-refractivity contribution >= 4 is 22.6 Å². The molecule has 4 aromatic heterocycles. The van der Waals surface area contributed by atoms with Gasteiger partial charge in [-0.2, -0.15) is 0 Å². The molecule has 0 amide bonds. The number of anilines is 1. The molecule has 0 atom stereocenters. The summed E-state index contributed by atoms with van der Waals surface area (Å²) in [7, 11) is 0. The van der Waals surface area contributed by atoms with Crippen LogP contribution in [-0.2, 0) is 0 Å². The summed E-state index contributed by atoms with van der Waals surface area (Å²) in [6.07, 6.45) is 8.22. The first-order valence-corrected chi connectivity index (χ1v) is 7.53. The monoisotopic (exact) mass is 341 g/mol. The summed E-state index contributed by atoms with van der Waals surface area (Å²) >= 11 is 0. The molecule has 4 aromatic rings. The highest BCUT2D eigenvalue weighted by molar-refractivity contribution is 5.84. The lowest BCUT2D eigenvalue weighted by atomic mass is 10.1. The summed E-state index contributed by atoms with van der Waals surface area (Å²) in [5.74, 6) is -2.70. The zero-order valence-corrected chi connectivity index (χ0v) is 13.2. The Labute approximate surface area is 140 Å². The second kappa shape index (κ2) is 5.69. The Hall–Kier alpha value is -3.23. The van der Waals surface area contributed by atoms with E-state index in [0.29, 0.717) is 11.2 Å². The van der Waals surface area contributed by atoms with Crippen molar-refractivity contribution in [1.29, 1.82) is 0 Å². The van der Waals surface area contributed by atoms with Gasteiger partial charge in [-0.1, -0.05) is 0 Å². The number of nitrogens with one attached hydrogen (secondary N) is 1. The van der Waals surface area contributed by atoms with E-state index in [2.05, 4.69) is 30.4 Å². The normalized spacial score (nSPS) is 12.0. The van der Waals surface area contributed by atoms with E-state index in [1.165, 1.54) is 0 Å². The van der Waals surface area contributed by atoms with E-state index < -0.39 is 12.5 Å². The van der Waals surface area contributed by atoms with E-state index in [9.17, 15) is 8.78 Å². The third-order valence-corrected chi connectivity index (χ3v) is 3.61. The Kier molecular flexibility index (Phi) is 3.48. The number of hydrogen-bond acceptors (Lipinski definition) is 6. The van der Waals surface area contributed by atoms with Crippen molar-refractivity contribution in [2.24, 2.45) is 0 Å². The number of halogens is 2. The molecule has 0 aliphatic heterocycles. The van der Waals surface area contributed by atoms with Crippen molar-refractivity contribution in [3.8, 4) is 11.1 Å². The van der Waals surface area contributed by atoms with Crippen LogP contribution in [0.1, 0.15) is 6.92 Å². The Morgan fingerprint density at radius 2 is 1.96 bits per heavy atom. The highest BCUT2D eigenvalue weighted by atomic mass is 19.3. The number of fused-ring (bicyclic) bond motifs is 2. The number of alkyl halides is 2. The highest BCUT2D eigenvalue weighted by Gasteiger charge is 2.21. The van der Waals surface area contributed by atoms with Crippen molar-refractivity contribution in [3.63, 3.8) is 0 Å². The topological polar surface area (TPSA) is 80.9 Å². The molecule has 126 valence electrons. The molecule has 4 heterocycles. The fourth-order valence-corrected chi connectivity index (χ4v) is 2.46. The Morgan fingerprint density at radius 3 is 2.80 bits per heavy atom. The molecule has 0 aliphatic rings. The molecule has 25 heavy (non-hydrogen) atoms. The molecule has 0 spiro atoms. The van der Waals surface area contributed by atoms with Crippen LogP contribution in [0.3, 0.4) is 0 Å². The van der Waals surface area contributed by atoms with Gasteiger partial charge >= 0.3 is 0 Å². The minimum Gasteiger partial charge on any atom is -0.347 e. The third-order valence-electron chi connectivity index (χ3n) is 3.61. The van der Waals surface area contributed by atoms with Crippen LogP contribution in [0.4, 0.5) is 14.7 Å². The minimum atomic E-state index is -2.84. The zero-order valence-electron chi connectivity index (χ0n) is 13.2. The maximum absolute atomic E-state index is 12.9. The predicted octanol–water partition coefficient (Wildman–Crippen LogP) is 2.80. The molecule has 0 radical (unpaired) electrons. The first-order valence-electron chi connectivity index (χ1n) is 7.53. The zero-order chi connectivity index (χ0) is 17.4. The minimum absolute atomic E-state index is 0.138. The van der Waals surface area contributed by atoms with Crippen LogP contribution < -0.4 is 5.32 Å². The summed E-state index contributed by atoms with van der Waals surface area (Å²) in [4.78, 5) is 16.8. The number of pyridine rings is 1. The van der Waals surface area contributed by atoms with Gasteiger partial charge in [0, 0.05) is 42.8 Å². The smallest absolute Gasteiger partial charge is 0.262 e. The summed E-state index contributed by atoms with van der Waals surface area (Å²) in [5, 5.41) is 6.73. The molecule has 9 heteroatoms. The molecule has 7 nitrogen and oxygen atoms in total. The molecule has 0 saturated carbocycles. The highest BCUT2D eigenvalue weighted by Crippen LogP contribution is 2.26. The van der Waals surface area contributed by atoms with Crippen LogP contribution in [0.2, 0.25) is 0 Å². The average molecular weight is 341 g/mol. The Balaban J connectivity index is 1.70. The molecule has 0 fully saturated rings. The van der Waals surface area contributed by atoms with Gasteiger partial charge in [-0.15, -0.1) is 5.10 Å². The van der Waals surface area contributed by atoms with Crippen molar-refractivity contribution in [2.45, 2.75) is 12.8 Å². The van der Waals surface area contributed by atoms with Crippen LogP contribution in [0.15, 0.2) is 43.1 Å². The molecule has 0 aliphatic carbocycles. The van der Waals surface area contributed by atoms with Gasteiger partial charge in [0.15, 0.2) is 5.65 Å². The van der Waals surface area contributed by atoms with Gasteiger partial charge in [0.05, 0.1) is 18.3 Å². The van der Waals surface area contributed by atoms with Crippen LogP contribution in [0.25, 0.3) is 27.8 Å². The van der Waals surface area contributed by atoms with E-state index in [4.69, 9.17) is 0 Å².